The number of halogens is 2. The van der Waals surface area contributed by atoms with Crippen molar-refractivity contribution in [3.63, 3.8) is 0 Å². The minimum absolute atomic E-state index is 0.125. The average Bonchev–Trinajstić information content (AvgIpc) is 2.62. The van der Waals surface area contributed by atoms with E-state index in [0.29, 0.717) is 5.69 Å². The minimum atomic E-state index is -2.67. The van der Waals surface area contributed by atoms with E-state index in [1.165, 1.54) is 19.4 Å². The third-order valence-corrected chi connectivity index (χ3v) is 2.30. The first-order chi connectivity index (χ1) is 8.51. The fourth-order valence-electron chi connectivity index (χ4n) is 1.34. The molecule has 0 saturated carbocycles. The molecule has 0 spiro atoms. The summed E-state index contributed by atoms with van der Waals surface area (Å²) in [5.74, 6) is 0. The van der Waals surface area contributed by atoms with E-state index >= 15 is 0 Å². The number of hydrogen-bond acceptors (Lipinski definition) is 4. The zero-order valence-electron chi connectivity index (χ0n) is 11.5. The number of hydrogen-bond donors (Lipinski definition) is 1. The van der Waals surface area contributed by atoms with E-state index < -0.39 is 23.7 Å². The summed E-state index contributed by atoms with van der Waals surface area (Å²) in [4.78, 5) is 15.6. The van der Waals surface area contributed by atoms with E-state index in [1.807, 2.05) is 0 Å². The Balaban J connectivity index is 2.75. The highest BCUT2D eigenvalue weighted by Gasteiger charge is 2.31. The Morgan fingerprint density at radius 2 is 2.05 bits per heavy atom. The van der Waals surface area contributed by atoms with Crippen LogP contribution in [0.5, 0.6) is 0 Å². The maximum absolute atomic E-state index is 12.6. The summed E-state index contributed by atoms with van der Waals surface area (Å²) in [6.45, 7) is 6.44. The number of carbonyl (C=O) groups is 1. The molecule has 0 radical (unpaired) electrons. The van der Waals surface area contributed by atoms with Crippen molar-refractivity contribution in [3.8, 4) is 0 Å². The smallest absolute Gasteiger partial charge is 0.419 e. The van der Waals surface area contributed by atoms with Crippen LogP contribution in [0.15, 0.2) is 12.5 Å². The molecule has 1 aromatic heterocycles. The highest BCUT2D eigenvalue weighted by molar-refractivity contribution is 5.70. The van der Waals surface area contributed by atoms with Gasteiger partial charge in [0.05, 0.1) is 11.2 Å². The Morgan fingerprint density at radius 1 is 1.47 bits per heavy atom. The lowest BCUT2D eigenvalue weighted by Gasteiger charge is -2.22. The molecule has 0 saturated heterocycles. The first-order valence-corrected chi connectivity index (χ1v) is 5.84. The van der Waals surface area contributed by atoms with Gasteiger partial charge in [-0.05, 0) is 27.7 Å². The Hall–Kier alpha value is -1.50. The van der Waals surface area contributed by atoms with Crippen molar-refractivity contribution in [1.29, 1.82) is 0 Å². The topological polar surface area (TPSA) is 70.1 Å². The number of carbonyl (C=O) groups excluding carboxylic acids is 1. The third-order valence-electron chi connectivity index (χ3n) is 2.30. The van der Waals surface area contributed by atoms with E-state index in [-0.39, 0.29) is 6.42 Å². The van der Waals surface area contributed by atoms with E-state index in [9.17, 15) is 13.6 Å². The molecule has 1 unspecified atom stereocenters. The van der Waals surface area contributed by atoms with Gasteiger partial charge in [-0.1, -0.05) is 0 Å². The van der Waals surface area contributed by atoms with Gasteiger partial charge in [0.15, 0.2) is 0 Å². The van der Waals surface area contributed by atoms with Gasteiger partial charge in [0.2, 0.25) is 0 Å². The normalized spacial score (nSPS) is 15.4. The summed E-state index contributed by atoms with van der Waals surface area (Å²) in [6.07, 6.45) is -0.825. The van der Waals surface area contributed by atoms with Gasteiger partial charge in [-0.25, -0.2) is 23.1 Å². The van der Waals surface area contributed by atoms with Crippen molar-refractivity contribution >= 4 is 6.09 Å². The maximum atomic E-state index is 12.6. The zero-order chi connectivity index (χ0) is 14.8. The van der Waals surface area contributed by atoms with Crippen molar-refractivity contribution in [2.75, 3.05) is 0 Å². The molecule has 5 nitrogen and oxygen atoms in total. The van der Waals surface area contributed by atoms with E-state index in [2.05, 4.69) is 4.98 Å². The van der Waals surface area contributed by atoms with Gasteiger partial charge in [0, 0.05) is 12.6 Å². The van der Waals surface area contributed by atoms with Crippen molar-refractivity contribution in [2.24, 2.45) is 5.73 Å². The lowest BCUT2D eigenvalue weighted by molar-refractivity contribution is 0.0536. The number of rotatable bonds is 3. The quantitative estimate of drug-likeness (QED) is 0.918. The fraction of sp³-hybridized carbons (Fsp3) is 0.667. The number of aromatic nitrogens is 2. The summed E-state index contributed by atoms with van der Waals surface area (Å²) in [7, 11) is 0. The SMILES string of the molecule is CC(C)(C)OC(=O)n1cnc(CC(C)(N)C(F)F)c1. The third kappa shape index (κ3) is 4.59. The highest BCUT2D eigenvalue weighted by atomic mass is 19.3. The summed E-state index contributed by atoms with van der Waals surface area (Å²) in [5.41, 5.74) is 3.47. The Labute approximate surface area is 110 Å². The van der Waals surface area contributed by atoms with Crippen LogP contribution in [0.2, 0.25) is 0 Å². The van der Waals surface area contributed by atoms with Crippen LogP contribution in [0.1, 0.15) is 33.4 Å². The molecule has 7 heteroatoms. The predicted octanol–water partition coefficient (Wildman–Crippen LogP) is 2.19. The lowest BCUT2D eigenvalue weighted by atomic mass is 9.98. The van der Waals surface area contributed by atoms with Crippen LogP contribution in [0, 0.1) is 0 Å². The van der Waals surface area contributed by atoms with Crippen molar-refractivity contribution in [1.82, 2.24) is 9.55 Å². The summed E-state index contributed by atoms with van der Waals surface area (Å²) >= 11 is 0. The Kier molecular flexibility index (Phi) is 4.29. The zero-order valence-corrected chi connectivity index (χ0v) is 11.5. The van der Waals surface area contributed by atoms with Gasteiger partial charge >= 0.3 is 6.09 Å². The number of ether oxygens (including phenoxy) is 1. The molecule has 1 aromatic rings. The monoisotopic (exact) mass is 275 g/mol. The van der Waals surface area contributed by atoms with E-state index in [0.717, 1.165) is 4.57 Å². The first kappa shape index (κ1) is 15.6. The second-order valence-electron chi connectivity index (χ2n) is 5.74. The van der Waals surface area contributed by atoms with E-state index in [1.54, 1.807) is 20.8 Å². The van der Waals surface area contributed by atoms with Crippen LogP contribution >= 0.6 is 0 Å². The molecule has 19 heavy (non-hydrogen) atoms. The molecule has 0 aliphatic rings. The molecule has 108 valence electrons. The largest absolute Gasteiger partial charge is 0.443 e. The molecular formula is C12H19F2N3O2. The van der Waals surface area contributed by atoms with Gasteiger partial charge in [-0.15, -0.1) is 0 Å². The van der Waals surface area contributed by atoms with E-state index in [4.69, 9.17) is 10.5 Å². The van der Waals surface area contributed by atoms with Crippen LogP contribution in [0.4, 0.5) is 13.6 Å². The summed E-state index contributed by atoms with van der Waals surface area (Å²) in [5, 5.41) is 0. The van der Waals surface area contributed by atoms with Gasteiger partial charge in [0.25, 0.3) is 6.43 Å². The molecule has 0 fully saturated rings. The molecular weight excluding hydrogens is 256 g/mol. The van der Waals surface area contributed by atoms with Gasteiger partial charge < -0.3 is 10.5 Å². The molecule has 1 rings (SSSR count). The van der Waals surface area contributed by atoms with Crippen LogP contribution in [0.25, 0.3) is 0 Å². The van der Waals surface area contributed by atoms with Crippen LogP contribution in [-0.4, -0.2) is 33.2 Å². The summed E-state index contributed by atoms with van der Waals surface area (Å²) in [6, 6.07) is 0. The minimum Gasteiger partial charge on any atom is -0.443 e. The van der Waals surface area contributed by atoms with Gasteiger partial charge in [-0.2, -0.15) is 0 Å². The molecule has 0 bridgehead atoms. The molecule has 0 aliphatic carbocycles. The lowest BCUT2D eigenvalue weighted by Crippen LogP contribution is -2.45. The van der Waals surface area contributed by atoms with Crippen LogP contribution in [-0.2, 0) is 11.2 Å². The highest BCUT2D eigenvalue weighted by Crippen LogP contribution is 2.17. The summed E-state index contributed by atoms with van der Waals surface area (Å²) < 4.78 is 31.5. The molecule has 0 amide bonds. The molecule has 2 N–H and O–H groups in total. The first-order valence-electron chi connectivity index (χ1n) is 5.84. The number of alkyl halides is 2. The van der Waals surface area contributed by atoms with Crippen molar-refractivity contribution in [2.45, 2.75) is 51.7 Å². The number of nitrogens with zero attached hydrogens (tertiary/aromatic N) is 2. The molecule has 0 aromatic carbocycles. The molecule has 1 atom stereocenters. The average molecular weight is 275 g/mol. The van der Waals surface area contributed by atoms with Crippen molar-refractivity contribution < 1.29 is 18.3 Å². The predicted molar refractivity (Wildman–Crippen MR) is 66.2 cm³/mol. The Morgan fingerprint density at radius 3 is 2.53 bits per heavy atom. The second-order valence-corrected chi connectivity index (χ2v) is 5.74. The van der Waals surface area contributed by atoms with Crippen LogP contribution < -0.4 is 5.73 Å². The Bertz CT molecular complexity index is 450. The van der Waals surface area contributed by atoms with Crippen LogP contribution in [0.3, 0.4) is 0 Å². The number of imidazole rings is 1. The number of nitrogens with two attached hydrogens (primary N) is 1. The second kappa shape index (κ2) is 5.24. The maximum Gasteiger partial charge on any atom is 0.419 e. The van der Waals surface area contributed by atoms with Gasteiger partial charge in [-0.3, -0.25) is 0 Å². The fourth-order valence-corrected chi connectivity index (χ4v) is 1.34. The molecule has 0 aliphatic heterocycles. The van der Waals surface area contributed by atoms with Gasteiger partial charge in [0.1, 0.15) is 11.9 Å². The van der Waals surface area contributed by atoms with Crippen molar-refractivity contribution in [3.05, 3.63) is 18.2 Å². The standard InChI is InChI=1S/C12H19F2N3O2/c1-11(2,3)19-10(18)17-6-8(16-7-17)5-12(4,15)9(13)14/h6-7,9H,5,15H2,1-4H3. The molecule has 1 heterocycles.